The number of rotatable bonds is 4. The molecule has 0 bridgehead atoms. The van der Waals surface area contributed by atoms with Crippen LogP contribution in [0.2, 0.25) is 0 Å². The van der Waals surface area contributed by atoms with Gasteiger partial charge in [-0.05, 0) is 48.3 Å². The van der Waals surface area contributed by atoms with Crippen LogP contribution in [0.3, 0.4) is 0 Å². The summed E-state index contributed by atoms with van der Waals surface area (Å²) in [4.78, 5) is 24.6. The van der Waals surface area contributed by atoms with Crippen molar-refractivity contribution in [3.05, 3.63) is 29.3 Å². The number of carbonyl (C=O) groups excluding carboxylic acids is 1. The molecule has 20 heavy (non-hydrogen) atoms. The molecule has 3 rings (SSSR count). The summed E-state index contributed by atoms with van der Waals surface area (Å²) in [7, 11) is 1.80. The fraction of sp³-hybridized carbons (Fsp3) is 0.500. The van der Waals surface area contributed by atoms with E-state index in [1.54, 1.807) is 11.9 Å². The Labute approximate surface area is 118 Å². The van der Waals surface area contributed by atoms with Crippen LogP contribution in [0.4, 0.5) is 5.69 Å². The van der Waals surface area contributed by atoms with E-state index in [9.17, 15) is 9.59 Å². The predicted molar refractivity (Wildman–Crippen MR) is 75.9 cm³/mol. The summed E-state index contributed by atoms with van der Waals surface area (Å²) in [6.07, 6.45) is 3.75. The van der Waals surface area contributed by atoms with Gasteiger partial charge in [-0.1, -0.05) is 12.1 Å². The minimum Gasteiger partial charge on any atom is -0.481 e. The first-order chi connectivity index (χ1) is 9.56. The maximum absolute atomic E-state index is 11.8. The number of nitrogens with zero attached hydrogens (tertiary/aromatic N) is 1. The number of benzene rings is 1. The Morgan fingerprint density at radius 3 is 2.80 bits per heavy atom. The maximum atomic E-state index is 11.8. The number of hydrogen-bond donors (Lipinski definition) is 1. The summed E-state index contributed by atoms with van der Waals surface area (Å²) in [6.45, 7) is 0. The van der Waals surface area contributed by atoms with E-state index in [1.807, 2.05) is 12.1 Å². The highest BCUT2D eigenvalue weighted by molar-refractivity contribution is 5.96. The van der Waals surface area contributed by atoms with Crippen LogP contribution in [0.25, 0.3) is 0 Å². The van der Waals surface area contributed by atoms with Gasteiger partial charge in [-0.2, -0.15) is 0 Å². The van der Waals surface area contributed by atoms with Crippen LogP contribution in [0.1, 0.15) is 42.7 Å². The molecule has 1 aliphatic heterocycles. The van der Waals surface area contributed by atoms with Crippen LogP contribution < -0.4 is 4.90 Å². The van der Waals surface area contributed by atoms with Crippen molar-refractivity contribution in [2.75, 3.05) is 11.9 Å². The third-order valence-corrected chi connectivity index (χ3v) is 4.47. The molecule has 1 unspecified atom stereocenters. The number of carbonyl (C=O) groups is 2. The van der Waals surface area contributed by atoms with Crippen LogP contribution in [0.15, 0.2) is 18.2 Å². The molecule has 0 radical (unpaired) electrons. The Kier molecular flexibility index (Phi) is 3.24. The van der Waals surface area contributed by atoms with E-state index < -0.39 is 5.97 Å². The monoisotopic (exact) mass is 273 g/mol. The number of hydrogen-bond acceptors (Lipinski definition) is 2. The van der Waals surface area contributed by atoms with Crippen molar-refractivity contribution in [2.45, 2.75) is 38.0 Å². The van der Waals surface area contributed by atoms with Gasteiger partial charge in [0.15, 0.2) is 0 Å². The first-order valence-corrected chi connectivity index (χ1v) is 7.17. The van der Waals surface area contributed by atoms with Gasteiger partial charge in [0, 0.05) is 19.2 Å². The maximum Gasteiger partial charge on any atom is 0.303 e. The summed E-state index contributed by atoms with van der Waals surface area (Å²) in [5.41, 5.74) is 3.20. The Hall–Kier alpha value is -1.84. The van der Waals surface area contributed by atoms with Gasteiger partial charge in [-0.25, -0.2) is 0 Å². The number of aliphatic carboxylic acids is 1. The lowest BCUT2D eigenvalue weighted by molar-refractivity contribution is -0.137. The van der Waals surface area contributed by atoms with Crippen molar-refractivity contribution in [1.82, 2.24) is 0 Å². The van der Waals surface area contributed by atoms with Gasteiger partial charge >= 0.3 is 5.97 Å². The summed E-state index contributed by atoms with van der Waals surface area (Å²) in [5.74, 6) is -0.0307. The van der Waals surface area contributed by atoms with E-state index in [0.717, 1.165) is 30.5 Å². The molecule has 1 aromatic rings. The fourth-order valence-electron chi connectivity index (χ4n) is 3.12. The fourth-order valence-corrected chi connectivity index (χ4v) is 3.12. The third-order valence-electron chi connectivity index (χ3n) is 4.47. The molecule has 0 aromatic heterocycles. The van der Waals surface area contributed by atoms with E-state index in [1.165, 1.54) is 5.56 Å². The molecule has 106 valence electrons. The molecule has 1 saturated carbocycles. The molecule has 1 heterocycles. The molecule has 1 aliphatic carbocycles. The zero-order valence-electron chi connectivity index (χ0n) is 11.6. The van der Waals surface area contributed by atoms with E-state index in [-0.39, 0.29) is 18.2 Å². The molecular formula is C16H19NO3. The van der Waals surface area contributed by atoms with Crippen molar-refractivity contribution in [3.8, 4) is 0 Å². The van der Waals surface area contributed by atoms with Crippen LogP contribution in [0, 0.1) is 5.92 Å². The van der Waals surface area contributed by atoms with Gasteiger partial charge in [0.25, 0.3) is 0 Å². The van der Waals surface area contributed by atoms with Gasteiger partial charge < -0.3 is 10.0 Å². The first-order valence-electron chi connectivity index (χ1n) is 7.17. The molecule has 0 saturated heterocycles. The van der Waals surface area contributed by atoms with Crippen molar-refractivity contribution < 1.29 is 14.7 Å². The van der Waals surface area contributed by atoms with Crippen LogP contribution >= 0.6 is 0 Å². The minimum absolute atomic E-state index is 0.0863. The van der Waals surface area contributed by atoms with Gasteiger partial charge in [-0.3, -0.25) is 9.59 Å². The van der Waals surface area contributed by atoms with Crippen molar-refractivity contribution in [1.29, 1.82) is 0 Å². The normalized spacial score (nSPS) is 19.6. The Balaban J connectivity index is 1.94. The highest BCUT2D eigenvalue weighted by Crippen LogP contribution is 2.45. The Morgan fingerprint density at radius 1 is 1.40 bits per heavy atom. The summed E-state index contributed by atoms with van der Waals surface area (Å²) in [5, 5.41) is 9.09. The lowest BCUT2D eigenvalue weighted by atomic mass is 9.88. The van der Waals surface area contributed by atoms with Crippen molar-refractivity contribution in [2.24, 2.45) is 5.92 Å². The number of aryl methyl sites for hydroxylation is 1. The molecular weight excluding hydrogens is 254 g/mol. The largest absolute Gasteiger partial charge is 0.481 e. The minimum atomic E-state index is -0.746. The molecule has 4 nitrogen and oxygen atoms in total. The molecule has 2 aliphatic rings. The van der Waals surface area contributed by atoms with Crippen molar-refractivity contribution in [3.63, 3.8) is 0 Å². The second-order valence-corrected chi connectivity index (χ2v) is 5.88. The first kappa shape index (κ1) is 13.2. The molecule has 0 spiro atoms. The van der Waals surface area contributed by atoms with E-state index >= 15 is 0 Å². The zero-order chi connectivity index (χ0) is 14.3. The van der Waals surface area contributed by atoms with Gasteiger partial charge in [-0.15, -0.1) is 0 Å². The van der Waals surface area contributed by atoms with Gasteiger partial charge in [0.2, 0.25) is 5.91 Å². The van der Waals surface area contributed by atoms with Gasteiger partial charge in [0.1, 0.15) is 0 Å². The number of fused-ring (bicyclic) bond motifs is 1. The van der Waals surface area contributed by atoms with Crippen LogP contribution in [0.5, 0.6) is 0 Å². The van der Waals surface area contributed by atoms with Crippen LogP contribution in [-0.4, -0.2) is 24.0 Å². The Bertz CT molecular complexity index is 563. The Morgan fingerprint density at radius 2 is 2.15 bits per heavy atom. The smallest absolute Gasteiger partial charge is 0.303 e. The topological polar surface area (TPSA) is 57.6 Å². The van der Waals surface area contributed by atoms with Crippen molar-refractivity contribution >= 4 is 17.6 Å². The second kappa shape index (κ2) is 4.93. The molecule has 1 fully saturated rings. The lowest BCUT2D eigenvalue weighted by Gasteiger charge is -2.27. The highest BCUT2D eigenvalue weighted by atomic mass is 16.4. The molecule has 1 amide bonds. The molecule has 4 heteroatoms. The van der Waals surface area contributed by atoms with Gasteiger partial charge in [0.05, 0.1) is 6.42 Å². The number of carboxylic acids is 1. The third kappa shape index (κ3) is 2.42. The summed E-state index contributed by atoms with van der Waals surface area (Å²) < 4.78 is 0. The molecule has 1 atom stereocenters. The standard InChI is InChI=1S/C16H19NO3/c1-17-14-8-12(5-4-11(14)6-7-15(17)18)13(9-16(19)20)10-2-3-10/h4-5,8,10,13H,2-3,6-7,9H2,1H3,(H,19,20). The molecule has 1 aromatic carbocycles. The quantitative estimate of drug-likeness (QED) is 0.917. The van der Waals surface area contributed by atoms with E-state index in [2.05, 4.69) is 6.07 Å². The number of anilines is 1. The number of carboxylic acid groups (broad SMARTS) is 1. The van der Waals surface area contributed by atoms with E-state index in [4.69, 9.17) is 5.11 Å². The highest BCUT2D eigenvalue weighted by Gasteiger charge is 2.34. The second-order valence-electron chi connectivity index (χ2n) is 5.88. The lowest BCUT2D eigenvalue weighted by Crippen LogP contribution is -2.31. The zero-order valence-corrected chi connectivity index (χ0v) is 11.6. The summed E-state index contributed by atoms with van der Waals surface area (Å²) >= 11 is 0. The SMILES string of the molecule is CN1C(=O)CCc2ccc(C(CC(=O)O)C3CC3)cc21. The average Bonchev–Trinajstić information content (AvgIpc) is 3.24. The summed E-state index contributed by atoms with van der Waals surface area (Å²) in [6, 6.07) is 6.14. The molecule has 1 N–H and O–H groups in total. The average molecular weight is 273 g/mol. The van der Waals surface area contributed by atoms with Crippen LogP contribution in [-0.2, 0) is 16.0 Å². The predicted octanol–water partition coefficient (Wildman–Crippen LogP) is 2.56. The number of amides is 1. The van der Waals surface area contributed by atoms with E-state index in [0.29, 0.717) is 12.3 Å².